The predicted octanol–water partition coefficient (Wildman–Crippen LogP) is 0.897. The fourth-order valence-corrected chi connectivity index (χ4v) is 1.98. The second-order valence-electron chi connectivity index (χ2n) is 5.27. The van der Waals surface area contributed by atoms with Gasteiger partial charge in [-0.15, -0.1) is 0 Å². The SMILES string of the molecule is Cc1cc(C)cc(OCC(O)CNC(C)CC(N)=O)c1. The number of aryl methyl sites for hydroxylation is 2. The maximum absolute atomic E-state index is 10.7. The highest BCUT2D eigenvalue weighted by Gasteiger charge is 2.10. The van der Waals surface area contributed by atoms with Crippen LogP contribution in [0, 0.1) is 13.8 Å². The van der Waals surface area contributed by atoms with Crippen LogP contribution < -0.4 is 15.8 Å². The van der Waals surface area contributed by atoms with Gasteiger partial charge in [-0.1, -0.05) is 6.07 Å². The van der Waals surface area contributed by atoms with E-state index in [2.05, 4.69) is 11.4 Å². The average molecular weight is 280 g/mol. The summed E-state index contributed by atoms with van der Waals surface area (Å²) in [5, 5.41) is 12.9. The van der Waals surface area contributed by atoms with Crippen LogP contribution in [0.15, 0.2) is 18.2 Å². The van der Waals surface area contributed by atoms with E-state index in [0.29, 0.717) is 6.54 Å². The van der Waals surface area contributed by atoms with Crippen molar-refractivity contribution in [3.8, 4) is 5.75 Å². The average Bonchev–Trinajstić information content (AvgIpc) is 2.32. The summed E-state index contributed by atoms with van der Waals surface area (Å²) in [4.78, 5) is 10.7. The number of carbonyl (C=O) groups excluding carboxylic acids is 1. The minimum atomic E-state index is -0.633. The number of amides is 1. The molecule has 0 saturated heterocycles. The number of hydrogen-bond acceptors (Lipinski definition) is 4. The molecule has 1 amide bonds. The van der Waals surface area contributed by atoms with Crippen molar-refractivity contribution < 1.29 is 14.6 Å². The minimum Gasteiger partial charge on any atom is -0.491 e. The molecule has 5 heteroatoms. The first-order chi connectivity index (χ1) is 9.36. The number of ether oxygens (including phenoxy) is 1. The van der Waals surface area contributed by atoms with Crippen LogP contribution in [0.4, 0.5) is 0 Å². The lowest BCUT2D eigenvalue weighted by atomic mass is 10.1. The van der Waals surface area contributed by atoms with Crippen LogP contribution in [0.25, 0.3) is 0 Å². The Morgan fingerprint density at radius 1 is 1.35 bits per heavy atom. The normalized spacial score (nSPS) is 13.8. The number of nitrogens with two attached hydrogens (primary N) is 1. The van der Waals surface area contributed by atoms with Crippen LogP contribution >= 0.6 is 0 Å². The largest absolute Gasteiger partial charge is 0.491 e. The van der Waals surface area contributed by atoms with E-state index in [1.807, 2.05) is 32.9 Å². The van der Waals surface area contributed by atoms with Crippen molar-refractivity contribution in [3.63, 3.8) is 0 Å². The molecule has 0 heterocycles. The lowest BCUT2D eigenvalue weighted by Crippen LogP contribution is -2.38. The first kappa shape index (κ1) is 16.5. The number of aliphatic hydroxyl groups is 1. The van der Waals surface area contributed by atoms with Crippen LogP contribution in [0.5, 0.6) is 5.75 Å². The summed E-state index contributed by atoms with van der Waals surface area (Å²) in [7, 11) is 0. The van der Waals surface area contributed by atoms with Gasteiger partial charge in [0, 0.05) is 19.0 Å². The molecule has 2 unspecified atom stereocenters. The molecule has 20 heavy (non-hydrogen) atoms. The molecule has 5 nitrogen and oxygen atoms in total. The molecule has 2 atom stereocenters. The van der Waals surface area contributed by atoms with Crippen molar-refractivity contribution in [1.29, 1.82) is 0 Å². The van der Waals surface area contributed by atoms with E-state index in [4.69, 9.17) is 10.5 Å². The van der Waals surface area contributed by atoms with Gasteiger partial charge in [0.25, 0.3) is 0 Å². The van der Waals surface area contributed by atoms with Crippen molar-refractivity contribution >= 4 is 5.91 Å². The van der Waals surface area contributed by atoms with Gasteiger partial charge in [0.1, 0.15) is 18.5 Å². The molecule has 0 saturated carbocycles. The third-order valence-electron chi connectivity index (χ3n) is 2.85. The van der Waals surface area contributed by atoms with E-state index in [-0.39, 0.29) is 25.0 Å². The quantitative estimate of drug-likeness (QED) is 0.660. The first-order valence-electron chi connectivity index (χ1n) is 6.77. The van der Waals surface area contributed by atoms with Crippen molar-refractivity contribution in [2.45, 2.75) is 39.3 Å². The molecule has 1 rings (SSSR count). The molecular formula is C15H24N2O3. The fraction of sp³-hybridized carbons (Fsp3) is 0.533. The number of rotatable bonds is 8. The highest BCUT2D eigenvalue weighted by atomic mass is 16.5. The van der Waals surface area contributed by atoms with Crippen molar-refractivity contribution in [1.82, 2.24) is 5.32 Å². The van der Waals surface area contributed by atoms with Crippen LogP contribution in [0.1, 0.15) is 24.5 Å². The summed E-state index contributed by atoms with van der Waals surface area (Å²) >= 11 is 0. The van der Waals surface area contributed by atoms with E-state index < -0.39 is 6.10 Å². The fourth-order valence-electron chi connectivity index (χ4n) is 1.98. The maximum Gasteiger partial charge on any atom is 0.218 e. The van der Waals surface area contributed by atoms with Gasteiger partial charge >= 0.3 is 0 Å². The summed E-state index contributed by atoms with van der Waals surface area (Å²) < 4.78 is 5.56. The van der Waals surface area contributed by atoms with Gasteiger partial charge in [0.05, 0.1) is 0 Å². The van der Waals surface area contributed by atoms with Crippen LogP contribution in [-0.2, 0) is 4.79 Å². The molecular weight excluding hydrogens is 256 g/mol. The Hall–Kier alpha value is -1.59. The van der Waals surface area contributed by atoms with Crippen molar-refractivity contribution in [3.05, 3.63) is 29.3 Å². The molecule has 0 aliphatic carbocycles. The smallest absolute Gasteiger partial charge is 0.218 e. The molecule has 0 bridgehead atoms. The van der Waals surface area contributed by atoms with Crippen LogP contribution in [0.3, 0.4) is 0 Å². The monoisotopic (exact) mass is 280 g/mol. The third kappa shape index (κ3) is 6.54. The highest BCUT2D eigenvalue weighted by Crippen LogP contribution is 2.16. The van der Waals surface area contributed by atoms with Gasteiger partial charge in [-0.05, 0) is 44.0 Å². The van der Waals surface area contributed by atoms with Gasteiger partial charge in [-0.2, -0.15) is 0 Å². The summed E-state index contributed by atoms with van der Waals surface area (Å²) in [5.41, 5.74) is 7.35. The Morgan fingerprint density at radius 3 is 2.50 bits per heavy atom. The Morgan fingerprint density at radius 2 is 1.95 bits per heavy atom. The lowest BCUT2D eigenvalue weighted by molar-refractivity contribution is -0.118. The van der Waals surface area contributed by atoms with E-state index in [0.717, 1.165) is 16.9 Å². The van der Waals surface area contributed by atoms with E-state index >= 15 is 0 Å². The zero-order valence-corrected chi connectivity index (χ0v) is 12.3. The Balaban J connectivity index is 2.32. The number of primary amides is 1. The molecule has 1 aromatic carbocycles. The van der Waals surface area contributed by atoms with Gasteiger partial charge in [-0.25, -0.2) is 0 Å². The molecule has 4 N–H and O–H groups in total. The predicted molar refractivity (Wildman–Crippen MR) is 78.7 cm³/mol. The number of aliphatic hydroxyl groups excluding tert-OH is 1. The number of hydrogen-bond donors (Lipinski definition) is 3. The first-order valence-corrected chi connectivity index (χ1v) is 6.77. The number of benzene rings is 1. The molecule has 0 aliphatic rings. The standard InChI is InChI=1S/C15H24N2O3/c1-10-4-11(2)6-14(5-10)20-9-13(18)8-17-12(3)7-15(16)19/h4-6,12-13,17-18H,7-9H2,1-3H3,(H2,16,19). The lowest BCUT2D eigenvalue weighted by Gasteiger charge is -2.17. The van der Waals surface area contributed by atoms with Gasteiger partial charge in [0.2, 0.25) is 5.91 Å². The van der Waals surface area contributed by atoms with Gasteiger partial charge in [-0.3, -0.25) is 4.79 Å². The van der Waals surface area contributed by atoms with Crippen LogP contribution in [0.2, 0.25) is 0 Å². The van der Waals surface area contributed by atoms with E-state index in [9.17, 15) is 9.90 Å². The van der Waals surface area contributed by atoms with E-state index in [1.54, 1.807) is 0 Å². The molecule has 0 aliphatic heterocycles. The highest BCUT2D eigenvalue weighted by molar-refractivity contribution is 5.74. The van der Waals surface area contributed by atoms with Crippen molar-refractivity contribution in [2.75, 3.05) is 13.2 Å². The molecule has 112 valence electrons. The molecule has 0 spiro atoms. The van der Waals surface area contributed by atoms with Crippen molar-refractivity contribution in [2.24, 2.45) is 5.73 Å². The minimum absolute atomic E-state index is 0.0524. The third-order valence-corrected chi connectivity index (χ3v) is 2.85. The Bertz CT molecular complexity index is 428. The molecule has 0 radical (unpaired) electrons. The van der Waals surface area contributed by atoms with Crippen LogP contribution in [-0.4, -0.2) is 36.3 Å². The Kier molecular flexibility index (Phi) is 6.48. The zero-order chi connectivity index (χ0) is 15.1. The summed E-state index contributed by atoms with van der Waals surface area (Å²) in [6.07, 6.45) is -0.379. The van der Waals surface area contributed by atoms with E-state index in [1.165, 1.54) is 0 Å². The summed E-state index contributed by atoms with van der Waals surface area (Å²) in [6.45, 7) is 6.42. The summed E-state index contributed by atoms with van der Waals surface area (Å²) in [6, 6.07) is 5.88. The molecule has 0 aromatic heterocycles. The summed E-state index contributed by atoms with van der Waals surface area (Å²) in [5.74, 6) is 0.401. The molecule has 0 fully saturated rings. The van der Waals surface area contributed by atoms with Gasteiger partial charge in [0.15, 0.2) is 0 Å². The zero-order valence-electron chi connectivity index (χ0n) is 12.3. The maximum atomic E-state index is 10.7. The molecule has 1 aromatic rings. The number of carbonyl (C=O) groups is 1. The second-order valence-corrected chi connectivity index (χ2v) is 5.27. The second kappa shape index (κ2) is 7.87. The Labute approximate surface area is 120 Å². The number of nitrogens with one attached hydrogen (secondary N) is 1. The van der Waals surface area contributed by atoms with Gasteiger partial charge < -0.3 is 20.9 Å². The topological polar surface area (TPSA) is 84.6 Å².